The maximum atomic E-state index is 5.45. The van der Waals surface area contributed by atoms with Crippen molar-refractivity contribution < 1.29 is 4.74 Å². The minimum atomic E-state index is 0. The van der Waals surface area contributed by atoms with Crippen molar-refractivity contribution in [3.63, 3.8) is 0 Å². The Hall–Kier alpha value is -1.83. The largest absolute Gasteiger partial charge is 0.496 e. The predicted molar refractivity (Wildman–Crippen MR) is 114 cm³/mol. The number of aryl methyl sites for hydroxylation is 2. The molecular weight excluding hydrogens is 427 g/mol. The fourth-order valence-electron chi connectivity index (χ4n) is 2.53. The van der Waals surface area contributed by atoms with Crippen molar-refractivity contribution in [2.24, 2.45) is 4.99 Å². The zero-order valence-corrected chi connectivity index (χ0v) is 17.8. The molecule has 0 saturated heterocycles. The van der Waals surface area contributed by atoms with Gasteiger partial charge >= 0.3 is 0 Å². The van der Waals surface area contributed by atoms with E-state index in [0.717, 1.165) is 35.1 Å². The highest BCUT2D eigenvalue weighted by molar-refractivity contribution is 14.0. The molecule has 0 fully saturated rings. The van der Waals surface area contributed by atoms with Crippen molar-refractivity contribution in [2.45, 2.75) is 33.9 Å². The molecule has 0 aliphatic heterocycles. The summed E-state index contributed by atoms with van der Waals surface area (Å²) in [5.41, 5.74) is 5.53. The van der Waals surface area contributed by atoms with Crippen LogP contribution in [0.15, 0.2) is 35.5 Å². The number of rotatable bonds is 5. The van der Waals surface area contributed by atoms with Gasteiger partial charge in [0, 0.05) is 30.9 Å². The molecule has 5 nitrogen and oxygen atoms in total. The first kappa shape index (κ1) is 21.2. The van der Waals surface area contributed by atoms with E-state index in [4.69, 9.17) is 4.74 Å². The molecule has 0 bridgehead atoms. The minimum Gasteiger partial charge on any atom is -0.496 e. The fraction of sp³-hybridized carbons (Fsp3) is 0.368. The number of pyridine rings is 1. The van der Waals surface area contributed by atoms with Gasteiger partial charge in [-0.2, -0.15) is 0 Å². The summed E-state index contributed by atoms with van der Waals surface area (Å²) in [5.74, 6) is 1.64. The highest BCUT2D eigenvalue weighted by Gasteiger charge is 2.09. The summed E-state index contributed by atoms with van der Waals surface area (Å²) < 4.78 is 5.45. The van der Waals surface area contributed by atoms with Gasteiger partial charge in [0.15, 0.2) is 5.96 Å². The summed E-state index contributed by atoms with van der Waals surface area (Å²) in [6, 6.07) is 8.45. The van der Waals surface area contributed by atoms with E-state index in [1.54, 1.807) is 14.2 Å². The van der Waals surface area contributed by atoms with Gasteiger partial charge in [-0.25, -0.2) is 0 Å². The third kappa shape index (κ3) is 5.88. The van der Waals surface area contributed by atoms with Gasteiger partial charge in [-0.1, -0.05) is 29.8 Å². The smallest absolute Gasteiger partial charge is 0.191 e. The van der Waals surface area contributed by atoms with Crippen LogP contribution in [0.2, 0.25) is 0 Å². The zero-order chi connectivity index (χ0) is 17.5. The number of ether oxygens (including phenoxy) is 1. The Bertz CT molecular complexity index is 714. The van der Waals surface area contributed by atoms with Crippen LogP contribution in [0.25, 0.3) is 0 Å². The van der Waals surface area contributed by atoms with Crippen LogP contribution in [0.3, 0.4) is 0 Å². The lowest BCUT2D eigenvalue weighted by Crippen LogP contribution is -2.36. The molecule has 25 heavy (non-hydrogen) atoms. The van der Waals surface area contributed by atoms with E-state index in [1.807, 2.05) is 20.0 Å². The molecule has 0 atom stereocenters. The van der Waals surface area contributed by atoms with E-state index in [9.17, 15) is 0 Å². The van der Waals surface area contributed by atoms with E-state index in [2.05, 4.69) is 51.8 Å². The van der Waals surface area contributed by atoms with Crippen LogP contribution in [-0.4, -0.2) is 25.1 Å². The van der Waals surface area contributed by atoms with Crippen LogP contribution in [0, 0.1) is 20.8 Å². The van der Waals surface area contributed by atoms with Gasteiger partial charge < -0.3 is 15.4 Å². The molecule has 2 aromatic rings. The lowest BCUT2D eigenvalue weighted by molar-refractivity contribution is 0.406. The van der Waals surface area contributed by atoms with Crippen molar-refractivity contribution in [1.29, 1.82) is 0 Å². The Labute approximate surface area is 167 Å². The number of aromatic nitrogens is 1. The van der Waals surface area contributed by atoms with Gasteiger partial charge in [0.25, 0.3) is 0 Å². The molecule has 1 aromatic heterocycles. The summed E-state index contributed by atoms with van der Waals surface area (Å²) in [5, 5.41) is 6.61. The van der Waals surface area contributed by atoms with Crippen LogP contribution in [0.5, 0.6) is 5.75 Å². The Kier molecular flexibility index (Phi) is 8.68. The molecule has 2 N–H and O–H groups in total. The van der Waals surface area contributed by atoms with E-state index in [-0.39, 0.29) is 24.0 Å². The van der Waals surface area contributed by atoms with Gasteiger partial charge in [0.2, 0.25) is 0 Å². The lowest BCUT2D eigenvalue weighted by atomic mass is 10.1. The van der Waals surface area contributed by atoms with Gasteiger partial charge in [-0.15, -0.1) is 24.0 Å². The summed E-state index contributed by atoms with van der Waals surface area (Å²) in [7, 11) is 3.45. The third-order valence-electron chi connectivity index (χ3n) is 3.98. The van der Waals surface area contributed by atoms with Gasteiger partial charge in [0.05, 0.1) is 19.3 Å². The summed E-state index contributed by atoms with van der Waals surface area (Å²) in [6.45, 7) is 7.43. The fourth-order valence-corrected chi connectivity index (χ4v) is 2.53. The van der Waals surface area contributed by atoms with Crippen molar-refractivity contribution in [2.75, 3.05) is 14.2 Å². The van der Waals surface area contributed by atoms with Crippen molar-refractivity contribution in [3.05, 3.63) is 58.4 Å². The quantitative estimate of drug-likeness (QED) is 0.413. The number of methoxy groups -OCH3 is 1. The molecule has 0 spiro atoms. The second-order valence-corrected chi connectivity index (χ2v) is 5.81. The Morgan fingerprint density at radius 2 is 1.72 bits per heavy atom. The topological polar surface area (TPSA) is 58.5 Å². The van der Waals surface area contributed by atoms with Gasteiger partial charge in [-0.3, -0.25) is 9.98 Å². The number of hydrogen-bond acceptors (Lipinski definition) is 3. The zero-order valence-electron chi connectivity index (χ0n) is 15.5. The average molecular weight is 454 g/mol. The molecule has 2 rings (SSSR count). The van der Waals surface area contributed by atoms with E-state index < -0.39 is 0 Å². The minimum absolute atomic E-state index is 0. The highest BCUT2D eigenvalue weighted by Crippen LogP contribution is 2.23. The SMILES string of the molecule is CN=C(NCc1ccc(C)cc1)NCc1ncc(C)c(OC)c1C.I. The van der Waals surface area contributed by atoms with E-state index >= 15 is 0 Å². The maximum absolute atomic E-state index is 5.45. The van der Waals surface area contributed by atoms with E-state index in [0.29, 0.717) is 6.54 Å². The number of nitrogens with one attached hydrogen (secondary N) is 2. The Balaban J connectivity index is 0.00000312. The Morgan fingerprint density at radius 3 is 2.32 bits per heavy atom. The number of guanidine groups is 1. The molecule has 136 valence electrons. The van der Waals surface area contributed by atoms with Crippen LogP contribution in [-0.2, 0) is 13.1 Å². The second-order valence-electron chi connectivity index (χ2n) is 5.81. The first-order chi connectivity index (χ1) is 11.5. The monoisotopic (exact) mass is 454 g/mol. The summed E-state index contributed by atoms with van der Waals surface area (Å²) in [6.07, 6.45) is 1.84. The molecule has 0 saturated carbocycles. The van der Waals surface area contributed by atoms with Gasteiger partial charge in [0.1, 0.15) is 5.75 Å². The number of benzene rings is 1. The molecule has 0 amide bonds. The average Bonchev–Trinajstić information content (AvgIpc) is 2.58. The highest BCUT2D eigenvalue weighted by atomic mass is 127. The number of aliphatic imine (C=N–C) groups is 1. The number of nitrogens with zero attached hydrogens (tertiary/aromatic N) is 2. The van der Waals surface area contributed by atoms with Crippen LogP contribution in [0.1, 0.15) is 27.9 Å². The molecule has 0 unspecified atom stereocenters. The lowest BCUT2D eigenvalue weighted by Gasteiger charge is -2.15. The molecule has 6 heteroatoms. The Morgan fingerprint density at radius 1 is 1.08 bits per heavy atom. The normalized spacial score (nSPS) is 10.8. The molecule has 0 radical (unpaired) electrons. The first-order valence-electron chi connectivity index (χ1n) is 8.04. The molecule has 0 aliphatic carbocycles. The predicted octanol–water partition coefficient (Wildman–Crippen LogP) is 3.50. The first-order valence-corrected chi connectivity index (χ1v) is 8.04. The van der Waals surface area contributed by atoms with Crippen LogP contribution in [0.4, 0.5) is 0 Å². The molecule has 1 heterocycles. The van der Waals surface area contributed by atoms with Crippen LogP contribution < -0.4 is 15.4 Å². The van der Waals surface area contributed by atoms with Crippen molar-refractivity contribution >= 4 is 29.9 Å². The summed E-state index contributed by atoms with van der Waals surface area (Å²) >= 11 is 0. The third-order valence-corrected chi connectivity index (χ3v) is 3.98. The number of halogens is 1. The molecule has 1 aromatic carbocycles. The molecule has 0 aliphatic rings. The van der Waals surface area contributed by atoms with E-state index in [1.165, 1.54) is 11.1 Å². The van der Waals surface area contributed by atoms with Crippen molar-refractivity contribution in [1.82, 2.24) is 15.6 Å². The van der Waals surface area contributed by atoms with Crippen LogP contribution >= 0.6 is 24.0 Å². The summed E-state index contributed by atoms with van der Waals surface area (Å²) in [4.78, 5) is 8.76. The molecular formula is C19H27IN4O. The maximum Gasteiger partial charge on any atom is 0.191 e. The second kappa shape index (κ2) is 10.2. The van der Waals surface area contributed by atoms with Crippen molar-refractivity contribution in [3.8, 4) is 5.75 Å². The standard InChI is InChI=1S/C19H26N4O.HI/c1-13-6-8-16(9-7-13)11-22-19(20-4)23-12-17-15(3)18(24-5)14(2)10-21-17;/h6-10H,11-12H2,1-5H3,(H2,20,22,23);1H. The van der Waals surface area contributed by atoms with Gasteiger partial charge in [-0.05, 0) is 26.3 Å². The number of hydrogen-bond donors (Lipinski definition) is 2.